The van der Waals surface area contributed by atoms with Crippen LogP contribution in [-0.4, -0.2) is 66.4 Å². The molecule has 150 valence electrons. The van der Waals surface area contributed by atoms with Gasteiger partial charge in [-0.15, -0.1) is 0 Å². The van der Waals surface area contributed by atoms with Gasteiger partial charge in [-0.3, -0.25) is 19.3 Å². The molecule has 0 saturated carbocycles. The van der Waals surface area contributed by atoms with E-state index in [0.29, 0.717) is 41.5 Å². The molecule has 2 aromatic rings. The average Bonchev–Trinajstić information content (AvgIpc) is 2.98. The van der Waals surface area contributed by atoms with Crippen molar-refractivity contribution >= 4 is 35.0 Å². The van der Waals surface area contributed by atoms with Crippen molar-refractivity contribution in [3.05, 3.63) is 64.7 Å². The SMILES string of the molecule is O=C(CNc1ccccc1Cl)N1CCOC(CN2C(=O)c3ccccc3C2=O)C1. The fourth-order valence-corrected chi connectivity index (χ4v) is 3.75. The zero-order valence-electron chi connectivity index (χ0n) is 15.6. The quantitative estimate of drug-likeness (QED) is 0.761. The molecular formula is C21H20ClN3O4. The standard InChI is InChI=1S/C21H20ClN3O4/c22-17-7-3-4-8-18(17)23-11-19(26)24-9-10-29-14(12-24)13-25-20(27)15-5-1-2-6-16(15)21(25)28/h1-8,14,23H,9-13H2. The van der Waals surface area contributed by atoms with Gasteiger partial charge in [-0.05, 0) is 24.3 Å². The number of morpholine rings is 1. The number of nitrogens with zero attached hydrogens (tertiary/aromatic N) is 2. The number of carbonyl (C=O) groups excluding carboxylic acids is 3. The third kappa shape index (κ3) is 3.97. The van der Waals surface area contributed by atoms with E-state index in [9.17, 15) is 14.4 Å². The molecule has 0 bridgehead atoms. The highest BCUT2D eigenvalue weighted by Crippen LogP contribution is 2.24. The summed E-state index contributed by atoms with van der Waals surface area (Å²) in [4.78, 5) is 40.5. The molecule has 0 aliphatic carbocycles. The third-order valence-corrected chi connectivity index (χ3v) is 5.39. The van der Waals surface area contributed by atoms with Crippen LogP contribution < -0.4 is 5.32 Å². The Labute approximate surface area is 173 Å². The van der Waals surface area contributed by atoms with Crippen LogP contribution in [0.2, 0.25) is 5.02 Å². The van der Waals surface area contributed by atoms with Gasteiger partial charge in [0.1, 0.15) is 0 Å². The first-order valence-corrected chi connectivity index (χ1v) is 9.75. The number of para-hydroxylation sites is 1. The summed E-state index contributed by atoms with van der Waals surface area (Å²) in [5, 5.41) is 3.59. The van der Waals surface area contributed by atoms with Crippen LogP contribution in [0.15, 0.2) is 48.5 Å². The van der Waals surface area contributed by atoms with E-state index in [1.807, 2.05) is 12.1 Å². The van der Waals surface area contributed by atoms with Crippen LogP contribution in [0.5, 0.6) is 0 Å². The van der Waals surface area contributed by atoms with E-state index in [1.54, 1.807) is 41.3 Å². The van der Waals surface area contributed by atoms with Crippen molar-refractivity contribution in [2.45, 2.75) is 6.10 Å². The summed E-state index contributed by atoms with van der Waals surface area (Å²) in [7, 11) is 0. The van der Waals surface area contributed by atoms with E-state index in [2.05, 4.69) is 5.32 Å². The molecule has 1 N–H and O–H groups in total. The fourth-order valence-electron chi connectivity index (χ4n) is 3.55. The molecule has 1 fully saturated rings. The molecule has 2 aromatic carbocycles. The Kier molecular flexibility index (Phi) is 5.51. The first-order chi connectivity index (χ1) is 14.0. The molecule has 1 atom stereocenters. The molecule has 3 amide bonds. The molecule has 8 heteroatoms. The maximum Gasteiger partial charge on any atom is 0.261 e. The minimum Gasteiger partial charge on any atom is -0.375 e. The van der Waals surface area contributed by atoms with Crippen LogP contribution in [-0.2, 0) is 9.53 Å². The van der Waals surface area contributed by atoms with E-state index < -0.39 is 6.10 Å². The lowest BCUT2D eigenvalue weighted by atomic mass is 10.1. The van der Waals surface area contributed by atoms with Crippen molar-refractivity contribution < 1.29 is 19.1 Å². The van der Waals surface area contributed by atoms with Gasteiger partial charge in [0.2, 0.25) is 5.91 Å². The number of benzene rings is 2. The maximum atomic E-state index is 12.6. The highest BCUT2D eigenvalue weighted by molar-refractivity contribution is 6.33. The van der Waals surface area contributed by atoms with Crippen LogP contribution in [0.1, 0.15) is 20.7 Å². The normalized spacial score (nSPS) is 18.7. The number of rotatable bonds is 5. The molecule has 2 heterocycles. The Bertz CT molecular complexity index is 929. The number of halogens is 1. The highest BCUT2D eigenvalue weighted by Gasteiger charge is 2.37. The summed E-state index contributed by atoms with van der Waals surface area (Å²) in [5.74, 6) is -0.739. The predicted molar refractivity (Wildman–Crippen MR) is 108 cm³/mol. The molecule has 1 unspecified atom stereocenters. The Morgan fingerprint density at radius 3 is 2.41 bits per heavy atom. The van der Waals surface area contributed by atoms with Crippen molar-refractivity contribution in [3.63, 3.8) is 0 Å². The summed E-state index contributed by atoms with van der Waals surface area (Å²) in [6.07, 6.45) is -0.421. The largest absolute Gasteiger partial charge is 0.375 e. The zero-order valence-corrected chi connectivity index (χ0v) is 16.4. The number of amides is 3. The Balaban J connectivity index is 1.35. The monoisotopic (exact) mass is 413 g/mol. The van der Waals surface area contributed by atoms with Gasteiger partial charge in [0.15, 0.2) is 0 Å². The van der Waals surface area contributed by atoms with Gasteiger partial charge >= 0.3 is 0 Å². The zero-order chi connectivity index (χ0) is 20.4. The van der Waals surface area contributed by atoms with Crippen LogP contribution in [0, 0.1) is 0 Å². The third-order valence-electron chi connectivity index (χ3n) is 5.06. The topological polar surface area (TPSA) is 79.0 Å². The van der Waals surface area contributed by atoms with Gasteiger partial charge in [-0.2, -0.15) is 0 Å². The van der Waals surface area contributed by atoms with Crippen LogP contribution in [0.3, 0.4) is 0 Å². The lowest BCUT2D eigenvalue weighted by Gasteiger charge is -2.34. The van der Waals surface area contributed by atoms with Gasteiger partial charge in [-0.1, -0.05) is 35.9 Å². The number of ether oxygens (including phenoxy) is 1. The summed E-state index contributed by atoms with van der Waals surface area (Å²) in [5.41, 5.74) is 1.51. The Hall–Kier alpha value is -2.90. The van der Waals surface area contributed by atoms with Crippen molar-refractivity contribution in [2.75, 3.05) is 38.1 Å². The van der Waals surface area contributed by atoms with Crippen molar-refractivity contribution in [1.82, 2.24) is 9.80 Å². The predicted octanol–water partition coefficient (Wildman–Crippen LogP) is 2.28. The minimum atomic E-state index is -0.421. The molecule has 0 aromatic heterocycles. The number of hydrogen-bond acceptors (Lipinski definition) is 5. The van der Waals surface area contributed by atoms with Gasteiger partial charge in [0.25, 0.3) is 11.8 Å². The average molecular weight is 414 g/mol. The number of anilines is 1. The number of nitrogens with one attached hydrogen (secondary N) is 1. The number of hydrogen-bond donors (Lipinski definition) is 1. The van der Waals surface area contributed by atoms with Gasteiger partial charge in [-0.25, -0.2) is 0 Å². The fraction of sp³-hybridized carbons (Fsp3) is 0.286. The Morgan fingerprint density at radius 1 is 1.07 bits per heavy atom. The lowest BCUT2D eigenvalue weighted by Crippen LogP contribution is -2.51. The molecule has 4 rings (SSSR count). The van der Waals surface area contributed by atoms with Crippen molar-refractivity contribution in [1.29, 1.82) is 0 Å². The molecular weight excluding hydrogens is 394 g/mol. The Morgan fingerprint density at radius 2 is 1.72 bits per heavy atom. The van der Waals surface area contributed by atoms with Gasteiger partial charge < -0.3 is 15.0 Å². The van der Waals surface area contributed by atoms with E-state index in [4.69, 9.17) is 16.3 Å². The van der Waals surface area contributed by atoms with Crippen LogP contribution in [0.4, 0.5) is 5.69 Å². The molecule has 0 radical (unpaired) electrons. The molecule has 7 nitrogen and oxygen atoms in total. The van der Waals surface area contributed by atoms with Crippen LogP contribution in [0.25, 0.3) is 0 Å². The second kappa shape index (κ2) is 8.23. The molecule has 2 aliphatic rings. The smallest absolute Gasteiger partial charge is 0.261 e. The van der Waals surface area contributed by atoms with E-state index in [-0.39, 0.29) is 30.8 Å². The lowest BCUT2D eigenvalue weighted by molar-refractivity contribution is -0.137. The number of carbonyl (C=O) groups is 3. The van der Waals surface area contributed by atoms with Crippen LogP contribution >= 0.6 is 11.6 Å². The molecule has 2 aliphatic heterocycles. The second-order valence-electron chi connectivity index (χ2n) is 6.93. The minimum absolute atomic E-state index is 0.0967. The number of imide groups is 1. The first kappa shape index (κ1) is 19.4. The molecule has 29 heavy (non-hydrogen) atoms. The summed E-state index contributed by atoms with van der Waals surface area (Å²) >= 11 is 6.10. The van der Waals surface area contributed by atoms with E-state index >= 15 is 0 Å². The number of fused-ring (bicyclic) bond motifs is 1. The molecule has 1 saturated heterocycles. The van der Waals surface area contributed by atoms with E-state index in [0.717, 1.165) is 0 Å². The molecule has 0 spiro atoms. The van der Waals surface area contributed by atoms with Crippen molar-refractivity contribution in [2.24, 2.45) is 0 Å². The van der Waals surface area contributed by atoms with Gasteiger partial charge in [0, 0.05) is 13.1 Å². The maximum absolute atomic E-state index is 12.6. The van der Waals surface area contributed by atoms with Gasteiger partial charge in [0.05, 0.1) is 47.6 Å². The summed E-state index contributed by atoms with van der Waals surface area (Å²) < 4.78 is 5.72. The van der Waals surface area contributed by atoms with Crippen molar-refractivity contribution in [3.8, 4) is 0 Å². The summed E-state index contributed by atoms with van der Waals surface area (Å²) in [6.45, 7) is 1.35. The second-order valence-corrected chi connectivity index (χ2v) is 7.34. The summed E-state index contributed by atoms with van der Waals surface area (Å²) in [6, 6.07) is 14.0. The first-order valence-electron chi connectivity index (χ1n) is 9.37. The highest BCUT2D eigenvalue weighted by atomic mass is 35.5. The van der Waals surface area contributed by atoms with E-state index in [1.165, 1.54) is 4.90 Å².